The molecule has 2 aliphatic rings. The van der Waals surface area contributed by atoms with Crippen molar-refractivity contribution in [2.75, 3.05) is 39.3 Å². The van der Waals surface area contributed by atoms with E-state index in [1.807, 2.05) is 43.3 Å². The monoisotopic (exact) mass is 452 g/mol. The molecule has 1 atom stereocenters. The van der Waals surface area contributed by atoms with Gasteiger partial charge in [-0.25, -0.2) is 14.6 Å². The topological polar surface area (TPSA) is 92.7 Å². The van der Waals surface area contributed by atoms with Gasteiger partial charge in [0, 0.05) is 30.4 Å². The molecule has 0 aromatic heterocycles. The predicted molar refractivity (Wildman–Crippen MR) is 124 cm³/mol. The van der Waals surface area contributed by atoms with Gasteiger partial charge in [0.05, 0.1) is 32.6 Å². The third-order valence-corrected chi connectivity index (χ3v) is 5.85. The Balaban J connectivity index is 1.81. The molecule has 1 unspecified atom stereocenters. The summed E-state index contributed by atoms with van der Waals surface area (Å²) < 4.78 is 16.2. The van der Waals surface area contributed by atoms with Crippen LogP contribution in [0, 0.1) is 0 Å². The highest BCUT2D eigenvalue weighted by Gasteiger charge is 2.29. The van der Waals surface area contributed by atoms with Crippen LogP contribution in [0.15, 0.2) is 41.5 Å². The average molecular weight is 453 g/mol. The first-order valence-electron chi connectivity index (χ1n) is 10.9. The number of cyclic esters (lactones) is 1. The Bertz CT molecular complexity index is 1080. The molecule has 2 aliphatic heterocycles. The maximum Gasteiger partial charge on any atom is 0.414 e. The van der Waals surface area contributed by atoms with Crippen LogP contribution in [0.3, 0.4) is 0 Å². The summed E-state index contributed by atoms with van der Waals surface area (Å²) in [5.41, 5.74) is 4.04. The van der Waals surface area contributed by atoms with Crippen molar-refractivity contribution in [3.8, 4) is 11.5 Å². The number of hydrogen-bond donors (Lipinski definition) is 1. The van der Waals surface area contributed by atoms with E-state index in [-0.39, 0.29) is 18.2 Å². The second kappa shape index (κ2) is 9.40. The highest BCUT2D eigenvalue weighted by Crippen LogP contribution is 2.35. The lowest BCUT2D eigenvalue weighted by atomic mass is 9.94. The molecular weight excluding hydrogens is 424 g/mol. The van der Waals surface area contributed by atoms with Crippen LogP contribution >= 0.6 is 0 Å². The number of anilines is 1. The highest BCUT2D eigenvalue weighted by molar-refractivity contribution is 6.14. The molecule has 174 valence electrons. The van der Waals surface area contributed by atoms with Gasteiger partial charge in [-0.2, -0.15) is 5.10 Å². The molecule has 2 aromatic carbocycles. The normalized spacial score (nSPS) is 18.0. The Morgan fingerprint density at radius 2 is 1.85 bits per heavy atom. The average Bonchev–Trinajstić information content (AvgIpc) is 2.98. The Morgan fingerprint density at radius 3 is 2.48 bits per heavy atom. The zero-order chi connectivity index (χ0) is 23.5. The minimum atomic E-state index is -0.345. The van der Waals surface area contributed by atoms with Crippen molar-refractivity contribution >= 4 is 23.5 Å². The molecule has 33 heavy (non-hydrogen) atoms. The van der Waals surface area contributed by atoms with Gasteiger partial charge >= 0.3 is 12.1 Å². The predicted octanol–water partition coefficient (Wildman–Crippen LogP) is 3.39. The molecule has 0 spiro atoms. The number of nitrogens with one attached hydrogen (secondary N) is 1. The number of rotatable bonds is 4. The minimum Gasteiger partial charge on any atom is -0.493 e. The molecule has 1 saturated heterocycles. The fourth-order valence-electron chi connectivity index (χ4n) is 4.13. The Labute approximate surface area is 192 Å². The fourth-order valence-corrected chi connectivity index (χ4v) is 4.13. The molecule has 1 fully saturated rings. The minimum absolute atomic E-state index is 0.179. The fraction of sp³-hybridized carbons (Fsp3) is 0.375. The van der Waals surface area contributed by atoms with Gasteiger partial charge in [-0.3, -0.25) is 4.90 Å². The van der Waals surface area contributed by atoms with Crippen LogP contribution in [0.25, 0.3) is 0 Å². The third-order valence-electron chi connectivity index (χ3n) is 5.85. The lowest BCUT2D eigenvalue weighted by molar-refractivity contribution is 0.140. The zero-order valence-corrected chi connectivity index (χ0v) is 19.3. The van der Waals surface area contributed by atoms with Crippen LogP contribution in [-0.4, -0.2) is 63.3 Å². The number of amides is 3. The summed E-state index contributed by atoms with van der Waals surface area (Å²) in [5.74, 6) is 1.20. The summed E-state index contributed by atoms with van der Waals surface area (Å²) in [6.07, 6.45) is 1.03. The van der Waals surface area contributed by atoms with E-state index >= 15 is 0 Å². The van der Waals surface area contributed by atoms with Crippen molar-refractivity contribution in [3.63, 3.8) is 0 Å². The number of carbonyl (C=O) groups is 2. The van der Waals surface area contributed by atoms with Crippen molar-refractivity contribution in [1.82, 2.24) is 10.3 Å². The molecule has 4 rings (SSSR count). The van der Waals surface area contributed by atoms with Gasteiger partial charge in [-0.15, -0.1) is 0 Å². The summed E-state index contributed by atoms with van der Waals surface area (Å²) in [5, 5.41) is 8.89. The number of fused-ring (bicyclic) bond motifs is 1. The molecule has 2 heterocycles. The van der Waals surface area contributed by atoms with E-state index in [0.29, 0.717) is 36.8 Å². The number of methoxy groups -OCH3 is 2. The SMILES string of the molecule is CNC(=O)N1N=C(c2ccc(N3CCCOC3=O)cc2)c2cc(OC)c(OC)cc2CC1C. The van der Waals surface area contributed by atoms with Gasteiger partial charge in [-0.1, -0.05) is 12.1 Å². The first-order chi connectivity index (χ1) is 16.0. The van der Waals surface area contributed by atoms with E-state index < -0.39 is 0 Å². The second-order valence-corrected chi connectivity index (χ2v) is 7.93. The number of nitrogens with zero attached hydrogens (tertiary/aromatic N) is 3. The molecule has 0 radical (unpaired) electrons. The smallest absolute Gasteiger partial charge is 0.414 e. The number of urea groups is 1. The van der Waals surface area contributed by atoms with Crippen molar-refractivity contribution in [1.29, 1.82) is 0 Å². The lowest BCUT2D eigenvalue weighted by Gasteiger charge is -2.26. The molecule has 9 heteroatoms. The number of hydrazone groups is 1. The molecule has 2 aromatic rings. The highest BCUT2D eigenvalue weighted by atomic mass is 16.6. The van der Waals surface area contributed by atoms with Crippen LogP contribution in [-0.2, 0) is 11.2 Å². The van der Waals surface area contributed by atoms with Gasteiger partial charge in [-0.05, 0) is 49.6 Å². The van der Waals surface area contributed by atoms with E-state index in [2.05, 4.69) is 5.32 Å². The van der Waals surface area contributed by atoms with Crippen LogP contribution < -0.4 is 19.7 Å². The quantitative estimate of drug-likeness (QED) is 0.768. The molecule has 3 amide bonds. The molecular formula is C24H28N4O5. The van der Waals surface area contributed by atoms with Crippen molar-refractivity contribution < 1.29 is 23.8 Å². The number of benzene rings is 2. The van der Waals surface area contributed by atoms with Gasteiger partial charge in [0.2, 0.25) is 0 Å². The Morgan fingerprint density at radius 1 is 1.15 bits per heavy atom. The number of hydrogen-bond acceptors (Lipinski definition) is 6. The van der Waals surface area contributed by atoms with Crippen molar-refractivity contribution in [3.05, 3.63) is 53.1 Å². The summed E-state index contributed by atoms with van der Waals surface area (Å²) in [7, 11) is 4.77. The lowest BCUT2D eigenvalue weighted by Crippen LogP contribution is -2.41. The standard InChI is InChI=1S/C24H28N4O5/c1-15-12-17-13-20(31-3)21(32-4)14-19(17)22(26-28(15)23(29)25-2)16-6-8-18(9-7-16)27-10-5-11-33-24(27)30/h6-9,13-15H,5,10-12H2,1-4H3,(H,25,29). The third kappa shape index (κ3) is 4.30. The van der Waals surface area contributed by atoms with Crippen LogP contribution in [0.2, 0.25) is 0 Å². The zero-order valence-electron chi connectivity index (χ0n) is 19.3. The van der Waals surface area contributed by atoms with Crippen molar-refractivity contribution in [2.24, 2.45) is 5.10 Å². The summed E-state index contributed by atoms with van der Waals surface area (Å²) in [6.45, 7) is 3.01. The maximum absolute atomic E-state index is 12.6. The summed E-state index contributed by atoms with van der Waals surface area (Å²) in [6, 6.07) is 10.9. The Kier molecular flexibility index (Phi) is 6.39. The Hall–Kier alpha value is -3.75. The molecule has 0 saturated carbocycles. The first-order valence-corrected chi connectivity index (χ1v) is 10.9. The van der Waals surface area contributed by atoms with Gasteiger partial charge in [0.15, 0.2) is 11.5 Å². The maximum atomic E-state index is 12.6. The van der Waals surface area contributed by atoms with Crippen LogP contribution in [0.4, 0.5) is 15.3 Å². The van der Waals surface area contributed by atoms with Gasteiger partial charge < -0.3 is 19.5 Å². The summed E-state index contributed by atoms with van der Waals surface area (Å²) in [4.78, 5) is 26.3. The van der Waals surface area contributed by atoms with E-state index in [1.165, 1.54) is 5.01 Å². The number of carbonyl (C=O) groups excluding carboxylic acids is 2. The van der Waals surface area contributed by atoms with E-state index in [0.717, 1.165) is 28.8 Å². The molecule has 9 nitrogen and oxygen atoms in total. The van der Waals surface area contributed by atoms with Crippen molar-refractivity contribution in [2.45, 2.75) is 25.8 Å². The molecule has 1 N–H and O–H groups in total. The van der Waals surface area contributed by atoms with Gasteiger partial charge in [0.25, 0.3) is 0 Å². The largest absolute Gasteiger partial charge is 0.493 e. The number of ether oxygens (including phenoxy) is 3. The van der Waals surface area contributed by atoms with Gasteiger partial charge in [0.1, 0.15) is 0 Å². The van der Waals surface area contributed by atoms with E-state index in [4.69, 9.17) is 19.3 Å². The van der Waals surface area contributed by atoms with Crippen LogP contribution in [0.5, 0.6) is 11.5 Å². The van der Waals surface area contributed by atoms with E-state index in [1.54, 1.807) is 26.2 Å². The first kappa shape index (κ1) is 22.4. The molecule has 0 bridgehead atoms. The van der Waals surface area contributed by atoms with E-state index in [9.17, 15) is 9.59 Å². The molecule has 0 aliphatic carbocycles. The van der Waals surface area contributed by atoms with Crippen LogP contribution in [0.1, 0.15) is 30.0 Å². The second-order valence-electron chi connectivity index (χ2n) is 7.93. The summed E-state index contributed by atoms with van der Waals surface area (Å²) >= 11 is 0.